The fourth-order valence-corrected chi connectivity index (χ4v) is 4.67. The number of benzene rings is 2. The van der Waals surface area contributed by atoms with E-state index >= 15 is 0 Å². The molecule has 180 valence electrons. The molecular weight excluding hydrogens is 478 g/mol. The Morgan fingerprint density at radius 2 is 1.89 bits per heavy atom. The van der Waals surface area contributed by atoms with Crippen molar-refractivity contribution in [2.45, 2.75) is 13.5 Å². The number of fused-ring (bicyclic) bond motifs is 2. The maximum atomic E-state index is 6.17. The molecule has 9 nitrogen and oxygen atoms in total. The molecule has 0 radical (unpaired) electrons. The molecule has 0 aliphatic heterocycles. The molecule has 0 atom stereocenters. The molecule has 0 N–H and O–H groups in total. The van der Waals surface area contributed by atoms with Gasteiger partial charge < -0.3 is 18.6 Å². The second kappa shape index (κ2) is 8.97. The summed E-state index contributed by atoms with van der Waals surface area (Å²) >= 11 is 1.54. The molecule has 0 fully saturated rings. The van der Waals surface area contributed by atoms with Gasteiger partial charge in [-0.2, -0.15) is 5.10 Å². The first kappa shape index (κ1) is 22.1. The van der Waals surface area contributed by atoms with Crippen LogP contribution in [-0.2, 0) is 6.61 Å². The minimum atomic E-state index is 0.323. The SMILES string of the molecule is COc1cc(COc2cccc(-c3cnc(OC)cn3)c2)c2cc(-c3cn4nc(C)sc4n3)oc2c1. The summed E-state index contributed by atoms with van der Waals surface area (Å²) in [6.07, 6.45) is 5.14. The average Bonchev–Trinajstić information content (AvgIpc) is 3.60. The van der Waals surface area contributed by atoms with Crippen LogP contribution in [0, 0.1) is 6.92 Å². The Morgan fingerprint density at radius 3 is 2.67 bits per heavy atom. The number of furan rings is 1. The summed E-state index contributed by atoms with van der Waals surface area (Å²) in [5, 5.41) is 6.33. The van der Waals surface area contributed by atoms with Gasteiger partial charge in [-0.3, -0.25) is 0 Å². The van der Waals surface area contributed by atoms with E-state index in [1.807, 2.05) is 55.6 Å². The van der Waals surface area contributed by atoms with Gasteiger partial charge in [-0.1, -0.05) is 23.5 Å². The van der Waals surface area contributed by atoms with E-state index in [1.165, 1.54) is 11.3 Å². The zero-order chi connectivity index (χ0) is 24.6. The minimum absolute atomic E-state index is 0.323. The first-order valence-electron chi connectivity index (χ1n) is 11.1. The molecule has 0 spiro atoms. The van der Waals surface area contributed by atoms with Crippen molar-refractivity contribution in [3.05, 3.63) is 71.6 Å². The van der Waals surface area contributed by atoms with Crippen LogP contribution in [0.1, 0.15) is 10.6 Å². The fraction of sp³-hybridized carbons (Fsp3) is 0.154. The smallest absolute Gasteiger partial charge is 0.232 e. The van der Waals surface area contributed by atoms with Crippen molar-refractivity contribution >= 4 is 27.3 Å². The molecule has 0 unspecified atom stereocenters. The Hall–Kier alpha value is -4.44. The molecule has 4 heterocycles. The lowest BCUT2D eigenvalue weighted by atomic mass is 10.1. The van der Waals surface area contributed by atoms with Gasteiger partial charge in [0.25, 0.3) is 0 Å². The lowest BCUT2D eigenvalue weighted by molar-refractivity contribution is 0.307. The van der Waals surface area contributed by atoms with E-state index in [-0.39, 0.29) is 0 Å². The third-order valence-corrected chi connectivity index (χ3v) is 6.53. The second-order valence-electron chi connectivity index (χ2n) is 8.04. The minimum Gasteiger partial charge on any atom is -0.497 e. The standard InChI is InChI=1S/C26H21N5O4S/c1-15-30-31-13-22(29-26(31)36-15)24-10-20-17(8-19(32-2)9-23(20)35-24)14-34-18-6-4-5-16(7-18)21-11-28-25(33-3)12-27-21/h4-13H,14H2,1-3H3. The summed E-state index contributed by atoms with van der Waals surface area (Å²) in [4.78, 5) is 14.1. The van der Waals surface area contributed by atoms with Crippen LogP contribution >= 0.6 is 11.3 Å². The quantitative estimate of drug-likeness (QED) is 0.281. The number of methoxy groups -OCH3 is 2. The van der Waals surface area contributed by atoms with Crippen molar-refractivity contribution in [3.63, 3.8) is 0 Å². The third-order valence-electron chi connectivity index (χ3n) is 5.69. The van der Waals surface area contributed by atoms with Gasteiger partial charge in [0.2, 0.25) is 10.8 Å². The number of aryl methyl sites for hydroxylation is 1. The highest BCUT2D eigenvalue weighted by Crippen LogP contribution is 2.34. The number of hydrogen-bond donors (Lipinski definition) is 0. The van der Waals surface area contributed by atoms with Gasteiger partial charge >= 0.3 is 0 Å². The molecule has 6 aromatic rings. The van der Waals surface area contributed by atoms with Crippen molar-refractivity contribution in [2.75, 3.05) is 14.2 Å². The highest BCUT2D eigenvalue weighted by Gasteiger charge is 2.16. The van der Waals surface area contributed by atoms with Crippen molar-refractivity contribution in [3.8, 4) is 40.1 Å². The fourth-order valence-electron chi connectivity index (χ4n) is 3.94. The van der Waals surface area contributed by atoms with Crippen LogP contribution in [0.25, 0.3) is 38.6 Å². The van der Waals surface area contributed by atoms with Gasteiger partial charge in [0.15, 0.2) is 5.76 Å². The topological polar surface area (TPSA) is 96.8 Å². The number of imidazole rings is 1. The van der Waals surface area contributed by atoms with Crippen molar-refractivity contribution < 1.29 is 18.6 Å². The number of aromatic nitrogens is 5. The van der Waals surface area contributed by atoms with E-state index in [0.717, 1.165) is 37.9 Å². The Balaban J connectivity index is 1.29. The van der Waals surface area contributed by atoms with Gasteiger partial charge in [0, 0.05) is 22.6 Å². The molecule has 0 amide bonds. The molecule has 4 aromatic heterocycles. The second-order valence-corrected chi connectivity index (χ2v) is 9.20. The van der Waals surface area contributed by atoms with E-state index in [4.69, 9.17) is 18.6 Å². The summed E-state index contributed by atoms with van der Waals surface area (Å²) in [6.45, 7) is 2.28. The summed E-state index contributed by atoms with van der Waals surface area (Å²) in [6, 6.07) is 13.5. The maximum absolute atomic E-state index is 6.17. The van der Waals surface area contributed by atoms with E-state index in [0.29, 0.717) is 35.3 Å². The van der Waals surface area contributed by atoms with Crippen LogP contribution in [0.5, 0.6) is 17.4 Å². The summed E-state index contributed by atoms with van der Waals surface area (Å²) < 4.78 is 24.7. The van der Waals surface area contributed by atoms with E-state index in [9.17, 15) is 0 Å². The molecule has 0 aliphatic carbocycles. The normalized spacial score (nSPS) is 11.3. The number of rotatable bonds is 7. The lowest BCUT2D eigenvalue weighted by Crippen LogP contribution is -1.97. The van der Waals surface area contributed by atoms with Gasteiger partial charge in [0.05, 0.1) is 38.5 Å². The van der Waals surface area contributed by atoms with Crippen LogP contribution in [0.15, 0.2) is 65.5 Å². The van der Waals surface area contributed by atoms with Gasteiger partial charge in [-0.25, -0.2) is 19.5 Å². The lowest BCUT2D eigenvalue weighted by Gasteiger charge is -2.10. The Kier molecular flexibility index (Phi) is 5.49. The maximum Gasteiger partial charge on any atom is 0.232 e. The zero-order valence-corrected chi connectivity index (χ0v) is 20.6. The summed E-state index contributed by atoms with van der Waals surface area (Å²) in [7, 11) is 3.19. The zero-order valence-electron chi connectivity index (χ0n) is 19.8. The predicted molar refractivity (Wildman–Crippen MR) is 136 cm³/mol. The van der Waals surface area contributed by atoms with Crippen LogP contribution < -0.4 is 14.2 Å². The average molecular weight is 500 g/mol. The van der Waals surface area contributed by atoms with Crippen LogP contribution in [0.3, 0.4) is 0 Å². The Labute approximate surface area is 209 Å². The molecule has 10 heteroatoms. The van der Waals surface area contributed by atoms with E-state index in [2.05, 4.69) is 20.1 Å². The van der Waals surface area contributed by atoms with E-state index < -0.39 is 0 Å². The highest BCUT2D eigenvalue weighted by molar-refractivity contribution is 7.16. The first-order valence-corrected chi connectivity index (χ1v) is 11.9. The summed E-state index contributed by atoms with van der Waals surface area (Å²) in [5.41, 5.74) is 3.99. The van der Waals surface area contributed by atoms with Crippen LogP contribution in [0.4, 0.5) is 0 Å². The predicted octanol–water partition coefficient (Wildman–Crippen LogP) is 5.57. The molecule has 0 bridgehead atoms. The summed E-state index contributed by atoms with van der Waals surface area (Å²) in [5.74, 6) is 2.53. The van der Waals surface area contributed by atoms with Gasteiger partial charge in [0.1, 0.15) is 34.4 Å². The molecule has 0 saturated carbocycles. The van der Waals surface area contributed by atoms with Crippen LogP contribution in [-0.4, -0.2) is 38.8 Å². The monoisotopic (exact) mass is 499 g/mol. The Morgan fingerprint density at radius 1 is 0.972 bits per heavy atom. The van der Waals surface area contributed by atoms with Crippen LogP contribution in [0.2, 0.25) is 0 Å². The molecule has 36 heavy (non-hydrogen) atoms. The number of nitrogens with zero attached hydrogens (tertiary/aromatic N) is 5. The van der Waals surface area contributed by atoms with Gasteiger partial charge in [-0.15, -0.1) is 0 Å². The first-order chi connectivity index (χ1) is 17.6. The number of ether oxygens (including phenoxy) is 3. The number of hydrogen-bond acceptors (Lipinski definition) is 9. The Bertz CT molecular complexity index is 1650. The highest BCUT2D eigenvalue weighted by atomic mass is 32.1. The van der Waals surface area contributed by atoms with Crippen molar-refractivity contribution in [2.24, 2.45) is 0 Å². The molecule has 6 rings (SSSR count). The largest absolute Gasteiger partial charge is 0.497 e. The molecule has 0 saturated heterocycles. The molecule has 2 aromatic carbocycles. The van der Waals surface area contributed by atoms with Crippen molar-refractivity contribution in [1.29, 1.82) is 0 Å². The van der Waals surface area contributed by atoms with Crippen molar-refractivity contribution in [1.82, 2.24) is 24.6 Å². The van der Waals surface area contributed by atoms with Gasteiger partial charge in [-0.05, 0) is 31.2 Å². The molecular formula is C26H21N5O4S. The molecule has 0 aliphatic rings. The van der Waals surface area contributed by atoms with E-state index in [1.54, 1.807) is 31.1 Å². The third kappa shape index (κ3) is 4.11.